The van der Waals surface area contributed by atoms with Gasteiger partial charge in [0.1, 0.15) is 11.5 Å². The number of aliphatic hydroxyl groups excluding tert-OH is 1. The van der Waals surface area contributed by atoms with E-state index >= 15 is 0 Å². The van der Waals surface area contributed by atoms with Crippen molar-refractivity contribution in [1.82, 2.24) is 0 Å². The summed E-state index contributed by atoms with van der Waals surface area (Å²) >= 11 is 0. The lowest BCUT2D eigenvalue weighted by atomic mass is 9.96. The summed E-state index contributed by atoms with van der Waals surface area (Å²) in [6.45, 7) is 0. The molecule has 0 spiro atoms. The summed E-state index contributed by atoms with van der Waals surface area (Å²) < 4.78 is 10.5. The molecule has 5 heteroatoms. The van der Waals surface area contributed by atoms with Crippen molar-refractivity contribution in [3.63, 3.8) is 0 Å². The molecule has 22 heavy (non-hydrogen) atoms. The maximum absolute atomic E-state index is 10.4. The molecule has 120 valence electrons. The zero-order valence-electron chi connectivity index (χ0n) is 12.7. The number of benzene rings is 2. The van der Waals surface area contributed by atoms with Crippen LogP contribution in [-0.4, -0.2) is 25.4 Å². The maximum Gasteiger partial charge on any atom is 0.123 e. The van der Waals surface area contributed by atoms with Crippen molar-refractivity contribution < 1.29 is 14.6 Å². The summed E-state index contributed by atoms with van der Waals surface area (Å²) in [5.41, 5.74) is 7.98. The van der Waals surface area contributed by atoms with Crippen LogP contribution in [-0.2, 0) is 6.42 Å². The topological polar surface area (TPSA) is 64.7 Å². The standard InChI is InChI=1S/C17H21NO3.ClH/c1-20-13-8-9-16(21-2)14(11-13)17(18)15(19)10-12-6-4-3-5-7-12;/h3-9,11,15,17,19H,10,18H2,1-2H3;1H/t15-,17+;/m1./s1. The summed E-state index contributed by atoms with van der Waals surface area (Å²) in [5.74, 6) is 1.34. The van der Waals surface area contributed by atoms with E-state index in [1.54, 1.807) is 32.4 Å². The van der Waals surface area contributed by atoms with Gasteiger partial charge in [-0.2, -0.15) is 0 Å². The number of ether oxygens (including phenoxy) is 2. The van der Waals surface area contributed by atoms with Crippen LogP contribution in [0, 0.1) is 0 Å². The molecule has 0 saturated carbocycles. The van der Waals surface area contributed by atoms with Gasteiger partial charge in [0.15, 0.2) is 0 Å². The fraction of sp³-hybridized carbons (Fsp3) is 0.294. The summed E-state index contributed by atoms with van der Waals surface area (Å²) in [4.78, 5) is 0. The molecule has 2 rings (SSSR count). The van der Waals surface area contributed by atoms with E-state index in [0.29, 0.717) is 17.9 Å². The fourth-order valence-electron chi connectivity index (χ4n) is 2.29. The molecule has 0 heterocycles. The number of hydrogen-bond donors (Lipinski definition) is 2. The zero-order valence-corrected chi connectivity index (χ0v) is 13.5. The Morgan fingerprint density at radius 3 is 2.32 bits per heavy atom. The van der Waals surface area contributed by atoms with E-state index in [-0.39, 0.29) is 12.4 Å². The van der Waals surface area contributed by atoms with Gasteiger partial charge in [0.25, 0.3) is 0 Å². The van der Waals surface area contributed by atoms with Gasteiger partial charge < -0.3 is 20.3 Å². The number of halogens is 1. The Balaban J connectivity index is 0.00000242. The van der Waals surface area contributed by atoms with E-state index in [1.807, 2.05) is 30.3 Å². The summed E-state index contributed by atoms with van der Waals surface area (Å²) in [6, 6.07) is 14.6. The minimum absolute atomic E-state index is 0. The molecular formula is C17H22ClNO3. The molecule has 2 aromatic rings. The second kappa shape index (κ2) is 8.63. The average molecular weight is 324 g/mol. The number of aliphatic hydroxyl groups is 1. The molecule has 0 aliphatic carbocycles. The van der Waals surface area contributed by atoms with Gasteiger partial charge in [-0.3, -0.25) is 0 Å². The largest absolute Gasteiger partial charge is 0.497 e. The lowest BCUT2D eigenvalue weighted by Crippen LogP contribution is -2.28. The number of hydrogen-bond acceptors (Lipinski definition) is 4. The van der Waals surface area contributed by atoms with Crippen molar-refractivity contribution in [1.29, 1.82) is 0 Å². The van der Waals surface area contributed by atoms with Crippen LogP contribution in [0.2, 0.25) is 0 Å². The molecular weight excluding hydrogens is 302 g/mol. The highest BCUT2D eigenvalue weighted by molar-refractivity contribution is 5.85. The van der Waals surface area contributed by atoms with E-state index in [4.69, 9.17) is 15.2 Å². The Labute approximate surface area is 137 Å². The third-order valence-electron chi connectivity index (χ3n) is 3.50. The Bertz CT molecular complexity index is 577. The molecule has 0 fully saturated rings. The Hall–Kier alpha value is -1.75. The van der Waals surface area contributed by atoms with Gasteiger partial charge in [-0.05, 0) is 23.8 Å². The Morgan fingerprint density at radius 1 is 1.05 bits per heavy atom. The lowest BCUT2D eigenvalue weighted by molar-refractivity contribution is 0.143. The Kier molecular flexibility index (Phi) is 7.18. The summed E-state index contributed by atoms with van der Waals surface area (Å²) in [5, 5.41) is 10.4. The molecule has 0 radical (unpaired) electrons. The van der Waals surface area contributed by atoms with Gasteiger partial charge in [-0.15, -0.1) is 12.4 Å². The second-order valence-corrected chi connectivity index (χ2v) is 4.89. The highest BCUT2D eigenvalue weighted by atomic mass is 35.5. The van der Waals surface area contributed by atoms with Crippen molar-refractivity contribution in [2.75, 3.05) is 14.2 Å². The first kappa shape index (κ1) is 18.3. The number of methoxy groups -OCH3 is 2. The summed E-state index contributed by atoms with van der Waals surface area (Å²) in [7, 11) is 3.18. The minimum Gasteiger partial charge on any atom is -0.497 e. The van der Waals surface area contributed by atoms with Gasteiger partial charge in [-0.1, -0.05) is 30.3 Å². The second-order valence-electron chi connectivity index (χ2n) is 4.89. The van der Waals surface area contributed by atoms with Crippen molar-refractivity contribution in [2.45, 2.75) is 18.6 Å². The first-order chi connectivity index (χ1) is 10.2. The summed E-state index contributed by atoms with van der Waals surface area (Å²) in [6.07, 6.45) is -0.212. The van der Waals surface area contributed by atoms with Crippen LogP contribution in [0.4, 0.5) is 0 Å². The predicted octanol–water partition coefficient (Wildman–Crippen LogP) is 2.73. The van der Waals surface area contributed by atoms with Crippen LogP contribution in [0.25, 0.3) is 0 Å². The average Bonchev–Trinajstić information content (AvgIpc) is 2.54. The van der Waals surface area contributed by atoms with Gasteiger partial charge in [0.2, 0.25) is 0 Å². The highest BCUT2D eigenvalue weighted by Crippen LogP contribution is 2.30. The monoisotopic (exact) mass is 323 g/mol. The van der Waals surface area contributed by atoms with E-state index in [9.17, 15) is 5.11 Å². The quantitative estimate of drug-likeness (QED) is 0.858. The SMILES string of the molecule is COc1ccc(OC)c([C@H](N)[C@H](O)Cc2ccccc2)c1.Cl. The normalized spacial score (nSPS) is 12.9. The fourth-order valence-corrected chi connectivity index (χ4v) is 2.29. The molecule has 0 saturated heterocycles. The molecule has 2 aromatic carbocycles. The van der Waals surface area contributed by atoms with Crippen LogP contribution >= 0.6 is 12.4 Å². The molecule has 3 N–H and O–H groups in total. The third-order valence-corrected chi connectivity index (χ3v) is 3.50. The third kappa shape index (κ3) is 4.37. The van der Waals surface area contributed by atoms with Gasteiger partial charge in [0.05, 0.1) is 26.4 Å². The molecule has 0 aliphatic rings. The lowest BCUT2D eigenvalue weighted by Gasteiger charge is -2.22. The van der Waals surface area contributed by atoms with Gasteiger partial charge in [0, 0.05) is 12.0 Å². The minimum atomic E-state index is -0.701. The molecule has 0 bridgehead atoms. The molecule has 0 aromatic heterocycles. The van der Waals surface area contributed by atoms with E-state index in [0.717, 1.165) is 11.1 Å². The molecule has 4 nitrogen and oxygen atoms in total. The number of nitrogens with two attached hydrogens (primary N) is 1. The van der Waals surface area contributed by atoms with Gasteiger partial charge >= 0.3 is 0 Å². The smallest absolute Gasteiger partial charge is 0.123 e. The first-order valence-electron chi connectivity index (χ1n) is 6.85. The zero-order chi connectivity index (χ0) is 15.2. The first-order valence-corrected chi connectivity index (χ1v) is 6.85. The molecule has 0 aliphatic heterocycles. The van der Waals surface area contributed by atoms with E-state index in [1.165, 1.54) is 0 Å². The Morgan fingerprint density at radius 2 is 1.73 bits per heavy atom. The highest BCUT2D eigenvalue weighted by Gasteiger charge is 2.21. The van der Waals surface area contributed by atoms with Gasteiger partial charge in [-0.25, -0.2) is 0 Å². The van der Waals surface area contributed by atoms with Crippen LogP contribution < -0.4 is 15.2 Å². The van der Waals surface area contributed by atoms with Crippen LogP contribution in [0.15, 0.2) is 48.5 Å². The van der Waals surface area contributed by atoms with Crippen LogP contribution in [0.5, 0.6) is 11.5 Å². The van der Waals surface area contributed by atoms with Crippen molar-refractivity contribution in [2.24, 2.45) is 5.73 Å². The number of rotatable bonds is 6. The van der Waals surface area contributed by atoms with Crippen molar-refractivity contribution in [3.05, 3.63) is 59.7 Å². The van der Waals surface area contributed by atoms with E-state index in [2.05, 4.69) is 0 Å². The van der Waals surface area contributed by atoms with Crippen LogP contribution in [0.1, 0.15) is 17.2 Å². The van der Waals surface area contributed by atoms with Crippen LogP contribution in [0.3, 0.4) is 0 Å². The predicted molar refractivity (Wildman–Crippen MR) is 89.9 cm³/mol. The molecule has 0 amide bonds. The molecule has 2 atom stereocenters. The maximum atomic E-state index is 10.4. The van der Waals surface area contributed by atoms with Crippen molar-refractivity contribution in [3.8, 4) is 11.5 Å². The molecule has 0 unspecified atom stereocenters. The van der Waals surface area contributed by atoms with E-state index < -0.39 is 12.1 Å². The van der Waals surface area contributed by atoms with Crippen molar-refractivity contribution >= 4 is 12.4 Å².